The maximum Gasteiger partial charge on any atom is 0.254 e. The van der Waals surface area contributed by atoms with Crippen molar-refractivity contribution >= 4 is 16.8 Å². The molecule has 1 aromatic heterocycles. The average molecular weight is 396 g/mol. The lowest BCUT2D eigenvalue weighted by Crippen LogP contribution is -2.50. The molecule has 0 unspecified atom stereocenters. The summed E-state index contributed by atoms with van der Waals surface area (Å²) in [7, 11) is 0. The molecular formula is C23H29N3O3. The highest BCUT2D eigenvalue weighted by molar-refractivity contribution is 6.06. The Morgan fingerprint density at radius 2 is 2.07 bits per heavy atom. The van der Waals surface area contributed by atoms with E-state index in [-0.39, 0.29) is 11.5 Å². The van der Waals surface area contributed by atoms with Gasteiger partial charge in [0.1, 0.15) is 0 Å². The fraction of sp³-hybridized carbons (Fsp3) is 0.565. The van der Waals surface area contributed by atoms with Crippen molar-refractivity contribution in [1.82, 2.24) is 14.8 Å². The van der Waals surface area contributed by atoms with Crippen molar-refractivity contribution in [2.75, 3.05) is 52.5 Å². The predicted molar refractivity (Wildman–Crippen MR) is 111 cm³/mol. The molecule has 3 aliphatic heterocycles. The SMILES string of the molecule is O=C(c1cccc2ncccc12)N1CCC[C@]2(C[C@@H](CN3CCOCC3)CO2)C1. The van der Waals surface area contributed by atoms with Crippen molar-refractivity contribution < 1.29 is 14.3 Å². The minimum absolute atomic E-state index is 0.0999. The number of nitrogens with zero attached hydrogens (tertiary/aromatic N) is 3. The van der Waals surface area contributed by atoms with Crippen molar-refractivity contribution in [3.8, 4) is 0 Å². The average Bonchev–Trinajstić information content (AvgIpc) is 3.15. The first-order valence-electron chi connectivity index (χ1n) is 10.8. The van der Waals surface area contributed by atoms with Gasteiger partial charge in [-0.15, -0.1) is 0 Å². The minimum Gasteiger partial charge on any atom is -0.379 e. The smallest absolute Gasteiger partial charge is 0.254 e. The summed E-state index contributed by atoms with van der Waals surface area (Å²) < 4.78 is 11.8. The van der Waals surface area contributed by atoms with Gasteiger partial charge in [-0.05, 0) is 43.4 Å². The van der Waals surface area contributed by atoms with Crippen LogP contribution in [0, 0.1) is 5.92 Å². The summed E-state index contributed by atoms with van der Waals surface area (Å²) in [6, 6.07) is 9.68. The molecule has 5 rings (SSSR count). The van der Waals surface area contributed by atoms with Gasteiger partial charge in [-0.25, -0.2) is 0 Å². The summed E-state index contributed by atoms with van der Waals surface area (Å²) in [5.41, 5.74) is 1.44. The van der Waals surface area contributed by atoms with E-state index in [1.54, 1.807) is 6.20 Å². The van der Waals surface area contributed by atoms with Crippen LogP contribution in [0.2, 0.25) is 0 Å². The molecule has 2 atom stereocenters. The van der Waals surface area contributed by atoms with Crippen molar-refractivity contribution in [2.45, 2.75) is 24.9 Å². The molecule has 0 saturated carbocycles. The lowest BCUT2D eigenvalue weighted by molar-refractivity contribution is -0.0451. The predicted octanol–water partition coefficient (Wildman–Crippen LogP) is 2.58. The van der Waals surface area contributed by atoms with E-state index >= 15 is 0 Å². The fourth-order valence-corrected chi connectivity index (χ4v) is 5.22. The molecule has 0 N–H and O–H groups in total. The number of piperidine rings is 1. The maximum absolute atomic E-state index is 13.4. The van der Waals surface area contributed by atoms with Crippen LogP contribution in [0.15, 0.2) is 36.5 Å². The summed E-state index contributed by atoms with van der Waals surface area (Å²) in [4.78, 5) is 22.3. The summed E-state index contributed by atoms with van der Waals surface area (Å²) >= 11 is 0. The minimum atomic E-state index is -0.173. The molecule has 1 aromatic carbocycles. The van der Waals surface area contributed by atoms with Crippen LogP contribution < -0.4 is 0 Å². The number of fused-ring (bicyclic) bond motifs is 1. The van der Waals surface area contributed by atoms with Crippen LogP contribution in [0.3, 0.4) is 0 Å². The van der Waals surface area contributed by atoms with Crippen molar-refractivity contribution in [1.29, 1.82) is 0 Å². The molecule has 1 amide bonds. The third-order valence-electron chi connectivity index (χ3n) is 6.61. The van der Waals surface area contributed by atoms with Crippen molar-refractivity contribution in [3.05, 3.63) is 42.1 Å². The highest BCUT2D eigenvalue weighted by atomic mass is 16.5. The largest absolute Gasteiger partial charge is 0.379 e. The number of carbonyl (C=O) groups excluding carboxylic acids is 1. The molecular weight excluding hydrogens is 366 g/mol. The van der Waals surface area contributed by atoms with E-state index in [1.165, 1.54) is 0 Å². The monoisotopic (exact) mass is 395 g/mol. The fourth-order valence-electron chi connectivity index (χ4n) is 5.22. The van der Waals surface area contributed by atoms with Crippen LogP contribution in [0.1, 0.15) is 29.6 Å². The molecule has 29 heavy (non-hydrogen) atoms. The normalized spacial score (nSPS) is 28.3. The molecule has 0 radical (unpaired) electrons. The number of hydrogen-bond donors (Lipinski definition) is 0. The third kappa shape index (κ3) is 3.89. The second-order valence-corrected chi connectivity index (χ2v) is 8.68. The van der Waals surface area contributed by atoms with E-state index in [4.69, 9.17) is 9.47 Å². The highest BCUT2D eigenvalue weighted by Gasteiger charge is 2.45. The number of rotatable bonds is 3. The summed E-state index contributed by atoms with van der Waals surface area (Å²) in [6.07, 6.45) is 4.87. The summed E-state index contributed by atoms with van der Waals surface area (Å²) in [6.45, 7) is 7.08. The Labute approximate surface area is 171 Å². The number of benzene rings is 1. The summed E-state index contributed by atoms with van der Waals surface area (Å²) in [5.74, 6) is 0.646. The summed E-state index contributed by atoms with van der Waals surface area (Å²) in [5, 5.41) is 0.928. The van der Waals surface area contributed by atoms with E-state index in [0.717, 1.165) is 81.7 Å². The molecule has 4 heterocycles. The lowest BCUT2D eigenvalue weighted by Gasteiger charge is -2.40. The van der Waals surface area contributed by atoms with Gasteiger partial charge < -0.3 is 14.4 Å². The van der Waals surface area contributed by atoms with Crippen LogP contribution in [0.25, 0.3) is 10.9 Å². The van der Waals surface area contributed by atoms with Gasteiger partial charge in [0.2, 0.25) is 0 Å². The first kappa shape index (κ1) is 19.0. The Morgan fingerprint density at radius 3 is 2.97 bits per heavy atom. The second-order valence-electron chi connectivity index (χ2n) is 8.68. The number of ether oxygens (including phenoxy) is 2. The Kier molecular flexibility index (Phi) is 5.24. The molecule has 2 aromatic rings. The Morgan fingerprint density at radius 1 is 1.17 bits per heavy atom. The van der Waals surface area contributed by atoms with E-state index in [0.29, 0.717) is 12.5 Å². The zero-order valence-corrected chi connectivity index (χ0v) is 16.9. The number of carbonyl (C=O) groups is 1. The molecule has 1 spiro atoms. The molecule has 154 valence electrons. The number of pyridine rings is 1. The van der Waals surface area contributed by atoms with Gasteiger partial charge >= 0.3 is 0 Å². The van der Waals surface area contributed by atoms with E-state index in [2.05, 4.69) is 9.88 Å². The maximum atomic E-state index is 13.4. The standard InChI is InChI=1S/C23H29N3O3/c27-22(20-4-1-6-21-19(20)5-2-8-24-21)26-9-3-7-23(17-26)14-18(16-29-23)15-25-10-12-28-13-11-25/h1-2,4-6,8,18H,3,7,9-17H2/t18-,23-/m0/s1. The Balaban J connectivity index is 1.28. The molecule has 6 heteroatoms. The number of aromatic nitrogens is 1. The van der Waals surface area contributed by atoms with Crippen LogP contribution >= 0.6 is 0 Å². The third-order valence-corrected chi connectivity index (χ3v) is 6.61. The van der Waals surface area contributed by atoms with Gasteiger partial charge in [0.05, 0.1) is 30.9 Å². The van der Waals surface area contributed by atoms with Crippen molar-refractivity contribution in [3.63, 3.8) is 0 Å². The second kappa shape index (κ2) is 8.01. The Hall–Kier alpha value is -2.02. The topological polar surface area (TPSA) is 54.9 Å². The Bertz CT molecular complexity index is 877. The van der Waals surface area contributed by atoms with Crippen LogP contribution in [0.5, 0.6) is 0 Å². The van der Waals surface area contributed by atoms with Crippen LogP contribution in [-0.4, -0.2) is 78.8 Å². The van der Waals surface area contributed by atoms with Gasteiger partial charge in [-0.2, -0.15) is 0 Å². The van der Waals surface area contributed by atoms with Gasteiger partial charge in [0, 0.05) is 49.9 Å². The van der Waals surface area contributed by atoms with Gasteiger partial charge in [0.25, 0.3) is 5.91 Å². The molecule has 0 aliphatic carbocycles. The van der Waals surface area contributed by atoms with E-state index in [9.17, 15) is 4.79 Å². The number of hydrogen-bond acceptors (Lipinski definition) is 5. The van der Waals surface area contributed by atoms with Gasteiger partial charge in [-0.1, -0.05) is 12.1 Å². The molecule has 3 saturated heterocycles. The zero-order valence-electron chi connectivity index (χ0n) is 16.9. The van der Waals surface area contributed by atoms with Gasteiger partial charge in [-0.3, -0.25) is 14.7 Å². The lowest BCUT2D eigenvalue weighted by atomic mass is 9.86. The molecule has 6 nitrogen and oxygen atoms in total. The quantitative estimate of drug-likeness (QED) is 0.800. The van der Waals surface area contributed by atoms with E-state index in [1.807, 2.05) is 35.2 Å². The zero-order chi connectivity index (χ0) is 19.7. The first-order chi connectivity index (χ1) is 14.2. The molecule has 3 aliphatic rings. The molecule has 0 bridgehead atoms. The van der Waals surface area contributed by atoms with Crippen LogP contribution in [0.4, 0.5) is 0 Å². The highest BCUT2D eigenvalue weighted by Crippen LogP contribution is 2.38. The molecule has 3 fully saturated rings. The van der Waals surface area contributed by atoms with Crippen molar-refractivity contribution in [2.24, 2.45) is 5.92 Å². The first-order valence-corrected chi connectivity index (χ1v) is 10.8. The number of amides is 1. The number of likely N-dealkylation sites (tertiary alicyclic amines) is 1. The van der Waals surface area contributed by atoms with Crippen LogP contribution in [-0.2, 0) is 9.47 Å². The van der Waals surface area contributed by atoms with Gasteiger partial charge in [0.15, 0.2) is 0 Å². The van der Waals surface area contributed by atoms with E-state index < -0.39 is 0 Å². The number of morpholine rings is 1.